The summed E-state index contributed by atoms with van der Waals surface area (Å²) in [6.45, 7) is 3.53. The van der Waals surface area contributed by atoms with Crippen molar-refractivity contribution in [1.29, 1.82) is 0 Å². The molecule has 146 valence electrons. The highest BCUT2D eigenvalue weighted by Gasteiger charge is 2.31. The van der Waals surface area contributed by atoms with E-state index in [9.17, 15) is 4.79 Å². The molecule has 0 saturated carbocycles. The summed E-state index contributed by atoms with van der Waals surface area (Å²) in [6, 6.07) is 6.98. The molecule has 1 N–H and O–H groups in total. The third kappa shape index (κ3) is 3.85. The molecule has 1 saturated heterocycles. The lowest BCUT2D eigenvalue weighted by atomic mass is 10.1. The number of hydrogen-bond donors (Lipinski definition) is 1. The Morgan fingerprint density at radius 3 is 2.75 bits per heavy atom. The number of pyridine rings is 1. The number of hydrogen-bond acceptors (Lipinski definition) is 4. The lowest BCUT2D eigenvalue weighted by Crippen LogP contribution is -2.39. The van der Waals surface area contributed by atoms with Crippen LogP contribution in [0.25, 0.3) is 11.0 Å². The topological polar surface area (TPSA) is 63.1 Å². The van der Waals surface area contributed by atoms with Gasteiger partial charge in [0.25, 0.3) is 0 Å². The van der Waals surface area contributed by atoms with E-state index in [1.807, 2.05) is 20.2 Å². The molecule has 0 bridgehead atoms. The van der Waals surface area contributed by atoms with Gasteiger partial charge in [-0.25, -0.2) is 4.98 Å². The molecule has 1 unspecified atom stereocenters. The quantitative estimate of drug-likeness (QED) is 0.690. The standard InChI is InChI=1S/C20H21Cl2N5O/c1-12-17-6-13(10-23-19(17)26(2)25-12)11-27-5-3-4-18(27)20(28)24-16-8-14(21)7-15(22)9-16/h6-10,18H,3-5,11H2,1-2H3,(H,24,28). The molecule has 3 aromatic rings. The van der Waals surface area contributed by atoms with Crippen molar-refractivity contribution in [3.8, 4) is 0 Å². The minimum Gasteiger partial charge on any atom is -0.325 e. The molecule has 0 aliphatic carbocycles. The SMILES string of the molecule is Cc1nn(C)c2ncc(CN3CCCC3C(=O)Nc3cc(Cl)cc(Cl)c3)cc12. The zero-order valence-corrected chi connectivity index (χ0v) is 17.3. The highest BCUT2D eigenvalue weighted by molar-refractivity contribution is 6.35. The van der Waals surface area contributed by atoms with Crippen LogP contribution >= 0.6 is 23.2 Å². The molecule has 0 radical (unpaired) electrons. The van der Waals surface area contributed by atoms with Crippen LogP contribution in [0.1, 0.15) is 24.1 Å². The maximum atomic E-state index is 12.8. The van der Waals surface area contributed by atoms with Gasteiger partial charge in [0.1, 0.15) is 0 Å². The second-order valence-electron chi connectivity index (χ2n) is 7.20. The highest BCUT2D eigenvalue weighted by Crippen LogP contribution is 2.26. The van der Waals surface area contributed by atoms with Gasteiger partial charge in [-0.3, -0.25) is 14.4 Å². The van der Waals surface area contributed by atoms with Crippen LogP contribution in [0.5, 0.6) is 0 Å². The molecule has 1 aliphatic rings. The predicted molar refractivity (Wildman–Crippen MR) is 112 cm³/mol. The van der Waals surface area contributed by atoms with Crippen molar-refractivity contribution in [2.75, 3.05) is 11.9 Å². The van der Waals surface area contributed by atoms with E-state index in [1.165, 1.54) is 0 Å². The van der Waals surface area contributed by atoms with E-state index >= 15 is 0 Å². The lowest BCUT2D eigenvalue weighted by molar-refractivity contribution is -0.120. The molecule has 1 aliphatic heterocycles. The van der Waals surface area contributed by atoms with E-state index in [0.717, 1.165) is 41.7 Å². The summed E-state index contributed by atoms with van der Waals surface area (Å²) in [7, 11) is 1.89. The maximum absolute atomic E-state index is 12.8. The molecule has 0 spiro atoms. The summed E-state index contributed by atoms with van der Waals surface area (Å²) >= 11 is 12.1. The van der Waals surface area contributed by atoms with Crippen molar-refractivity contribution in [2.45, 2.75) is 32.4 Å². The number of amides is 1. The second kappa shape index (κ2) is 7.70. The summed E-state index contributed by atoms with van der Waals surface area (Å²) in [4.78, 5) is 19.6. The number of halogens is 2. The third-order valence-corrected chi connectivity index (χ3v) is 5.54. The first-order valence-corrected chi connectivity index (χ1v) is 9.95. The largest absolute Gasteiger partial charge is 0.325 e. The predicted octanol–water partition coefficient (Wildman–Crippen LogP) is 4.19. The highest BCUT2D eigenvalue weighted by atomic mass is 35.5. The van der Waals surface area contributed by atoms with Gasteiger partial charge in [-0.15, -0.1) is 0 Å². The number of carbonyl (C=O) groups excluding carboxylic acids is 1. The zero-order chi connectivity index (χ0) is 19.8. The van der Waals surface area contributed by atoms with Gasteiger partial charge in [-0.1, -0.05) is 23.2 Å². The van der Waals surface area contributed by atoms with Gasteiger partial charge >= 0.3 is 0 Å². The summed E-state index contributed by atoms with van der Waals surface area (Å²) in [6.07, 6.45) is 3.67. The van der Waals surface area contributed by atoms with Crippen LogP contribution in [0, 0.1) is 6.92 Å². The summed E-state index contributed by atoms with van der Waals surface area (Å²) in [5.74, 6) is -0.0394. The number of aryl methyl sites for hydroxylation is 2. The number of benzene rings is 1. The van der Waals surface area contributed by atoms with Crippen molar-refractivity contribution in [3.05, 3.63) is 51.8 Å². The van der Waals surface area contributed by atoms with Gasteiger partial charge in [0.15, 0.2) is 5.65 Å². The first-order chi connectivity index (χ1) is 13.4. The first kappa shape index (κ1) is 19.2. The maximum Gasteiger partial charge on any atom is 0.241 e. The van der Waals surface area contributed by atoms with E-state index in [2.05, 4.69) is 26.4 Å². The van der Waals surface area contributed by atoms with E-state index in [4.69, 9.17) is 23.2 Å². The number of anilines is 1. The molecule has 3 heterocycles. The average molecular weight is 418 g/mol. The fourth-order valence-electron chi connectivity index (χ4n) is 3.84. The molecule has 1 atom stereocenters. The van der Waals surface area contributed by atoms with Crippen LogP contribution in [0.3, 0.4) is 0 Å². The molecule has 8 heteroatoms. The number of nitrogens with one attached hydrogen (secondary N) is 1. The monoisotopic (exact) mass is 417 g/mol. The zero-order valence-electron chi connectivity index (χ0n) is 15.7. The number of likely N-dealkylation sites (tertiary alicyclic amines) is 1. The Balaban J connectivity index is 1.50. The molecule has 6 nitrogen and oxygen atoms in total. The minimum absolute atomic E-state index is 0.0394. The Hall–Kier alpha value is -2.15. The Labute approximate surface area is 173 Å². The van der Waals surface area contributed by atoms with Crippen molar-refractivity contribution in [3.63, 3.8) is 0 Å². The molecule has 1 fully saturated rings. The number of fused-ring (bicyclic) bond motifs is 1. The van der Waals surface area contributed by atoms with Crippen molar-refractivity contribution in [1.82, 2.24) is 19.7 Å². The fourth-order valence-corrected chi connectivity index (χ4v) is 4.36. The smallest absolute Gasteiger partial charge is 0.241 e. The summed E-state index contributed by atoms with van der Waals surface area (Å²) in [5, 5.41) is 9.41. The number of aromatic nitrogens is 3. The Kier molecular flexibility index (Phi) is 5.27. The molecule has 4 rings (SSSR count). The summed E-state index contributed by atoms with van der Waals surface area (Å²) in [5.41, 5.74) is 3.52. The minimum atomic E-state index is -0.191. The summed E-state index contributed by atoms with van der Waals surface area (Å²) < 4.78 is 1.79. The fraction of sp³-hybridized carbons (Fsp3) is 0.350. The molecular weight excluding hydrogens is 397 g/mol. The van der Waals surface area contributed by atoms with Gasteiger partial charge in [0.05, 0.1) is 11.7 Å². The van der Waals surface area contributed by atoms with E-state index < -0.39 is 0 Å². The third-order valence-electron chi connectivity index (χ3n) is 5.10. The molecule has 1 amide bonds. The van der Waals surface area contributed by atoms with Crippen LogP contribution < -0.4 is 5.32 Å². The van der Waals surface area contributed by atoms with Crippen molar-refractivity contribution < 1.29 is 4.79 Å². The Morgan fingerprint density at radius 1 is 1.25 bits per heavy atom. The van der Waals surface area contributed by atoms with Gasteiger partial charge in [0, 0.05) is 40.9 Å². The molecule has 2 aromatic heterocycles. The van der Waals surface area contributed by atoms with Gasteiger partial charge < -0.3 is 5.32 Å². The number of carbonyl (C=O) groups is 1. The number of rotatable bonds is 4. The number of nitrogens with zero attached hydrogens (tertiary/aromatic N) is 4. The van der Waals surface area contributed by atoms with Crippen LogP contribution in [-0.2, 0) is 18.4 Å². The van der Waals surface area contributed by atoms with Crippen LogP contribution in [0.15, 0.2) is 30.5 Å². The molecular formula is C20H21Cl2N5O. The Morgan fingerprint density at radius 2 is 2.00 bits per heavy atom. The second-order valence-corrected chi connectivity index (χ2v) is 8.07. The van der Waals surface area contributed by atoms with E-state index in [1.54, 1.807) is 22.9 Å². The van der Waals surface area contributed by atoms with Crippen molar-refractivity contribution in [2.24, 2.45) is 7.05 Å². The van der Waals surface area contributed by atoms with Crippen molar-refractivity contribution >= 4 is 45.8 Å². The molecule has 28 heavy (non-hydrogen) atoms. The van der Waals surface area contributed by atoms with Gasteiger partial charge in [-0.05, 0) is 56.1 Å². The van der Waals surface area contributed by atoms with Gasteiger partial charge in [0.2, 0.25) is 5.91 Å². The molecule has 1 aromatic carbocycles. The average Bonchev–Trinajstić information content (AvgIpc) is 3.19. The van der Waals surface area contributed by atoms with E-state index in [0.29, 0.717) is 22.3 Å². The van der Waals surface area contributed by atoms with Crippen LogP contribution in [0.2, 0.25) is 10.0 Å². The van der Waals surface area contributed by atoms with Crippen LogP contribution in [0.4, 0.5) is 5.69 Å². The lowest BCUT2D eigenvalue weighted by Gasteiger charge is -2.23. The first-order valence-electron chi connectivity index (χ1n) is 9.20. The van der Waals surface area contributed by atoms with Crippen LogP contribution in [-0.4, -0.2) is 38.2 Å². The normalized spacial score (nSPS) is 17.4. The van der Waals surface area contributed by atoms with E-state index in [-0.39, 0.29) is 11.9 Å². The van der Waals surface area contributed by atoms with Gasteiger partial charge in [-0.2, -0.15) is 5.10 Å². The Bertz CT molecular complexity index is 1030.